The number of carbonyl (C=O) groups excluding carboxylic acids is 3. The fourth-order valence-corrected chi connectivity index (χ4v) is 4.83. The molecule has 0 aliphatic carbocycles. The summed E-state index contributed by atoms with van der Waals surface area (Å²) >= 11 is 0. The van der Waals surface area contributed by atoms with Gasteiger partial charge in [-0.3, -0.25) is 14.4 Å². The maximum Gasteiger partial charge on any atom is 0.265 e. The van der Waals surface area contributed by atoms with E-state index in [2.05, 4.69) is 13.8 Å². The standard InChI is InChI=1S/C27H33N3O5/c1-18-8-7-9-19(2)30(18)25(31)17-34-21-14-12-20(13-15-21)26(32)29-16-24(27(33)28(3)4)35-23-11-6-5-10-22(23)29/h5-6,10-15,18-19,24H,7-9,16-17H2,1-4H3/t18-,19+,24-/m0/s1. The molecule has 186 valence electrons. The van der Waals surface area contributed by atoms with E-state index in [1.807, 2.05) is 17.0 Å². The SMILES string of the molecule is C[C@@H]1CCC[C@H](C)N1C(=O)COc1ccc(C(=O)N2C[C@@H](C(=O)N(C)C)Oc3ccccc32)cc1. The summed E-state index contributed by atoms with van der Waals surface area (Å²) in [7, 11) is 3.32. The number of nitrogens with zero attached hydrogens (tertiary/aromatic N) is 3. The number of carbonyl (C=O) groups is 3. The fraction of sp³-hybridized carbons (Fsp3) is 0.444. The molecule has 4 rings (SSSR count). The molecule has 35 heavy (non-hydrogen) atoms. The lowest BCUT2D eigenvalue weighted by molar-refractivity contribution is -0.139. The van der Waals surface area contributed by atoms with Crippen molar-refractivity contribution >= 4 is 23.4 Å². The molecule has 2 aromatic carbocycles. The largest absolute Gasteiger partial charge is 0.484 e. The minimum atomic E-state index is -0.781. The number of amides is 3. The minimum Gasteiger partial charge on any atom is -0.484 e. The second kappa shape index (κ2) is 10.4. The predicted octanol–water partition coefficient (Wildman–Crippen LogP) is 3.35. The third-order valence-electron chi connectivity index (χ3n) is 6.68. The van der Waals surface area contributed by atoms with Gasteiger partial charge in [0.05, 0.1) is 12.2 Å². The zero-order valence-corrected chi connectivity index (χ0v) is 20.8. The van der Waals surface area contributed by atoms with Crippen LogP contribution in [0.5, 0.6) is 11.5 Å². The summed E-state index contributed by atoms with van der Waals surface area (Å²) in [6.45, 7) is 4.24. The quantitative estimate of drug-likeness (QED) is 0.657. The summed E-state index contributed by atoms with van der Waals surface area (Å²) in [5, 5.41) is 0. The monoisotopic (exact) mass is 479 g/mol. The number of fused-ring (bicyclic) bond motifs is 1. The first-order valence-electron chi connectivity index (χ1n) is 12.1. The molecule has 8 nitrogen and oxygen atoms in total. The Bertz CT molecular complexity index is 1070. The van der Waals surface area contributed by atoms with Crippen LogP contribution in [0, 0.1) is 0 Å². The second-order valence-electron chi connectivity index (χ2n) is 9.47. The molecule has 0 N–H and O–H groups in total. The van der Waals surface area contributed by atoms with Crippen LogP contribution in [0.2, 0.25) is 0 Å². The van der Waals surface area contributed by atoms with Crippen LogP contribution in [-0.2, 0) is 9.59 Å². The molecule has 1 saturated heterocycles. The van der Waals surface area contributed by atoms with E-state index >= 15 is 0 Å². The number of hydrogen-bond donors (Lipinski definition) is 0. The van der Waals surface area contributed by atoms with E-state index < -0.39 is 6.10 Å². The Kier molecular flexibility index (Phi) is 7.28. The highest BCUT2D eigenvalue weighted by Crippen LogP contribution is 2.34. The minimum absolute atomic E-state index is 0.0219. The lowest BCUT2D eigenvalue weighted by atomic mass is 9.97. The van der Waals surface area contributed by atoms with Gasteiger partial charge in [0.2, 0.25) is 0 Å². The van der Waals surface area contributed by atoms with Crippen molar-refractivity contribution in [2.24, 2.45) is 0 Å². The third-order valence-corrected chi connectivity index (χ3v) is 6.68. The molecule has 3 amide bonds. The van der Waals surface area contributed by atoms with Crippen molar-refractivity contribution in [2.45, 2.75) is 51.3 Å². The van der Waals surface area contributed by atoms with Crippen molar-refractivity contribution in [3.05, 3.63) is 54.1 Å². The third kappa shape index (κ3) is 5.26. The van der Waals surface area contributed by atoms with E-state index in [4.69, 9.17) is 9.47 Å². The van der Waals surface area contributed by atoms with E-state index in [1.165, 1.54) is 4.90 Å². The van der Waals surface area contributed by atoms with E-state index in [0.29, 0.717) is 22.7 Å². The summed E-state index contributed by atoms with van der Waals surface area (Å²) in [5.41, 5.74) is 1.07. The number of piperidine rings is 1. The van der Waals surface area contributed by atoms with E-state index in [9.17, 15) is 14.4 Å². The lowest BCUT2D eigenvalue weighted by Crippen LogP contribution is -2.50. The molecular formula is C27H33N3O5. The van der Waals surface area contributed by atoms with Crippen molar-refractivity contribution in [1.29, 1.82) is 0 Å². The van der Waals surface area contributed by atoms with Gasteiger partial charge in [-0.05, 0) is 69.5 Å². The van der Waals surface area contributed by atoms with Crippen molar-refractivity contribution in [2.75, 3.05) is 32.1 Å². The van der Waals surface area contributed by atoms with Crippen molar-refractivity contribution < 1.29 is 23.9 Å². The van der Waals surface area contributed by atoms with Gasteiger partial charge in [0.1, 0.15) is 11.5 Å². The zero-order valence-electron chi connectivity index (χ0n) is 20.8. The number of para-hydroxylation sites is 2. The Balaban J connectivity index is 1.44. The highest BCUT2D eigenvalue weighted by molar-refractivity contribution is 6.08. The molecule has 0 bridgehead atoms. The highest BCUT2D eigenvalue weighted by Gasteiger charge is 2.35. The Hall–Kier alpha value is -3.55. The number of anilines is 1. The molecule has 8 heteroatoms. The van der Waals surface area contributed by atoms with Crippen LogP contribution < -0.4 is 14.4 Å². The van der Waals surface area contributed by atoms with Gasteiger partial charge in [-0.25, -0.2) is 0 Å². The van der Waals surface area contributed by atoms with Gasteiger partial charge in [-0.1, -0.05) is 12.1 Å². The zero-order chi connectivity index (χ0) is 25.1. The highest BCUT2D eigenvalue weighted by atomic mass is 16.5. The Morgan fingerprint density at radius 2 is 1.66 bits per heavy atom. The van der Waals surface area contributed by atoms with Crippen LogP contribution in [0.4, 0.5) is 5.69 Å². The van der Waals surface area contributed by atoms with E-state index in [0.717, 1.165) is 19.3 Å². The maximum atomic E-state index is 13.4. The topological polar surface area (TPSA) is 79.4 Å². The van der Waals surface area contributed by atoms with Gasteiger partial charge in [0.25, 0.3) is 17.7 Å². The number of likely N-dealkylation sites (N-methyl/N-ethyl adjacent to an activating group) is 1. The Morgan fingerprint density at radius 3 is 2.31 bits per heavy atom. The molecule has 0 saturated carbocycles. The van der Waals surface area contributed by atoms with Crippen molar-refractivity contribution in [1.82, 2.24) is 9.80 Å². The average molecular weight is 480 g/mol. The first-order chi connectivity index (χ1) is 16.8. The molecule has 2 heterocycles. The molecule has 0 aromatic heterocycles. The molecule has 0 radical (unpaired) electrons. The van der Waals surface area contributed by atoms with Gasteiger partial charge >= 0.3 is 0 Å². The van der Waals surface area contributed by atoms with Crippen LogP contribution in [0.25, 0.3) is 0 Å². The summed E-state index contributed by atoms with van der Waals surface area (Å²) in [6, 6.07) is 14.4. The summed E-state index contributed by atoms with van der Waals surface area (Å²) in [4.78, 5) is 43.6. The average Bonchev–Trinajstić information content (AvgIpc) is 2.86. The fourth-order valence-electron chi connectivity index (χ4n) is 4.83. The van der Waals surface area contributed by atoms with Crippen LogP contribution in [0.3, 0.4) is 0 Å². The number of ether oxygens (including phenoxy) is 2. The molecule has 2 aliphatic heterocycles. The van der Waals surface area contributed by atoms with E-state index in [1.54, 1.807) is 55.4 Å². The molecule has 2 aliphatic rings. The number of hydrogen-bond acceptors (Lipinski definition) is 5. The summed E-state index contributed by atoms with van der Waals surface area (Å²) in [6.07, 6.45) is 2.38. The maximum absolute atomic E-state index is 13.4. The molecule has 3 atom stereocenters. The van der Waals surface area contributed by atoms with Gasteiger partial charge < -0.3 is 24.2 Å². The smallest absolute Gasteiger partial charge is 0.265 e. The summed E-state index contributed by atoms with van der Waals surface area (Å²) < 4.78 is 11.6. The normalized spacial score (nSPS) is 21.5. The van der Waals surface area contributed by atoms with Crippen LogP contribution in [0.1, 0.15) is 43.5 Å². The van der Waals surface area contributed by atoms with Crippen LogP contribution in [0.15, 0.2) is 48.5 Å². The Labute approximate surface area is 206 Å². The molecule has 0 spiro atoms. The Morgan fingerprint density at radius 1 is 1.00 bits per heavy atom. The molecule has 1 fully saturated rings. The molecule has 2 aromatic rings. The van der Waals surface area contributed by atoms with Gasteiger partial charge in [-0.2, -0.15) is 0 Å². The first-order valence-corrected chi connectivity index (χ1v) is 12.1. The number of benzene rings is 2. The van der Waals surface area contributed by atoms with Gasteiger partial charge in [0.15, 0.2) is 12.7 Å². The molecule has 0 unspecified atom stereocenters. The number of rotatable bonds is 5. The summed E-state index contributed by atoms with van der Waals surface area (Å²) in [5.74, 6) is 0.549. The lowest BCUT2D eigenvalue weighted by Gasteiger charge is -2.39. The van der Waals surface area contributed by atoms with Crippen LogP contribution >= 0.6 is 0 Å². The van der Waals surface area contributed by atoms with Crippen molar-refractivity contribution in [3.63, 3.8) is 0 Å². The van der Waals surface area contributed by atoms with E-state index in [-0.39, 0.29) is 43.0 Å². The van der Waals surface area contributed by atoms with Crippen LogP contribution in [-0.4, -0.2) is 73.0 Å². The predicted molar refractivity (Wildman–Crippen MR) is 133 cm³/mol. The van der Waals surface area contributed by atoms with Crippen molar-refractivity contribution in [3.8, 4) is 11.5 Å². The first kappa shape index (κ1) is 24.6. The molecular weight excluding hydrogens is 446 g/mol. The van der Waals surface area contributed by atoms with Gasteiger partial charge in [-0.15, -0.1) is 0 Å². The number of likely N-dealkylation sites (tertiary alicyclic amines) is 1. The van der Waals surface area contributed by atoms with Gasteiger partial charge in [0, 0.05) is 31.7 Å². The second-order valence-corrected chi connectivity index (χ2v) is 9.47.